The molecule has 0 bridgehead atoms. The van der Waals surface area contributed by atoms with E-state index in [0.29, 0.717) is 0 Å². The zero-order valence-corrected chi connectivity index (χ0v) is 8.21. The van der Waals surface area contributed by atoms with E-state index in [-0.39, 0.29) is 5.41 Å². The van der Waals surface area contributed by atoms with E-state index in [1.807, 2.05) is 0 Å². The minimum absolute atomic E-state index is 0.203. The van der Waals surface area contributed by atoms with Crippen LogP contribution in [0.25, 0.3) is 0 Å². The zero-order valence-electron chi connectivity index (χ0n) is 8.21. The van der Waals surface area contributed by atoms with Crippen molar-refractivity contribution in [1.82, 2.24) is 0 Å². The van der Waals surface area contributed by atoms with Crippen LogP contribution in [0, 0.1) is 12.3 Å². The summed E-state index contributed by atoms with van der Waals surface area (Å²) in [6.07, 6.45) is 0. The van der Waals surface area contributed by atoms with Crippen LogP contribution in [0.3, 0.4) is 0 Å². The predicted molar refractivity (Wildman–Crippen MR) is 50.2 cm³/mol. The summed E-state index contributed by atoms with van der Waals surface area (Å²) >= 11 is 0. The van der Waals surface area contributed by atoms with Gasteiger partial charge in [0.05, 0.1) is 0 Å². The van der Waals surface area contributed by atoms with Crippen LogP contribution < -0.4 is 0 Å². The molecule has 0 amide bonds. The molecule has 0 atom stereocenters. The first-order chi connectivity index (χ1) is 4.89. The van der Waals surface area contributed by atoms with Crippen molar-refractivity contribution < 1.29 is 0 Å². The summed E-state index contributed by atoms with van der Waals surface area (Å²) in [4.78, 5) is 0. The van der Waals surface area contributed by atoms with E-state index in [4.69, 9.17) is 0 Å². The van der Waals surface area contributed by atoms with Crippen molar-refractivity contribution in [3.63, 3.8) is 0 Å². The van der Waals surface area contributed by atoms with Gasteiger partial charge in [-0.1, -0.05) is 25.0 Å². The van der Waals surface area contributed by atoms with Crippen molar-refractivity contribution in [1.29, 1.82) is 0 Å². The van der Waals surface area contributed by atoms with Crippen LogP contribution in [0.15, 0.2) is 22.3 Å². The van der Waals surface area contributed by atoms with E-state index >= 15 is 0 Å². The summed E-state index contributed by atoms with van der Waals surface area (Å²) in [5.41, 5.74) is 5.77. The summed E-state index contributed by atoms with van der Waals surface area (Å²) in [6.45, 7) is 15.1. The molecule has 0 aliphatic heterocycles. The highest BCUT2D eigenvalue weighted by Crippen LogP contribution is 2.45. The Hall–Kier alpha value is -0.520. The quantitative estimate of drug-likeness (QED) is 0.494. The maximum atomic E-state index is 4.11. The smallest absolute Gasteiger partial charge is 0.00729 e. The lowest BCUT2D eigenvalue weighted by Gasteiger charge is -2.22. The van der Waals surface area contributed by atoms with E-state index in [1.54, 1.807) is 0 Å². The van der Waals surface area contributed by atoms with E-state index in [2.05, 4.69) is 41.5 Å². The van der Waals surface area contributed by atoms with Gasteiger partial charge in [-0.15, -0.1) is 0 Å². The van der Waals surface area contributed by atoms with Gasteiger partial charge in [0.15, 0.2) is 0 Å². The molecule has 0 aromatic rings. The van der Waals surface area contributed by atoms with E-state index in [0.717, 1.165) is 0 Å². The highest BCUT2D eigenvalue weighted by molar-refractivity contribution is 5.51. The third kappa shape index (κ3) is 0.962. The molecule has 1 radical (unpaired) electrons. The van der Waals surface area contributed by atoms with Gasteiger partial charge in [0.1, 0.15) is 0 Å². The second-order valence-electron chi connectivity index (χ2n) is 3.98. The monoisotopic (exact) mass is 149 g/mol. The Bertz CT molecular complexity index is 223. The normalized spacial score (nSPS) is 23.5. The zero-order chi connectivity index (χ0) is 8.81. The molecule has 0 heteroatoms. The molecule has 0 fully saturated rings. The fraction of sp³-hybridized carbons (Fsp3) is 0.545. The van der Waals surface area contributed by atoms with Crippen molar-refractivity contribution in [3.8, 4) is 0 Å². The van der Waals surface area contributed by atoms with Gasteiger partial charge in [-0.05, 0) is 38.8 Å². The predicted octanol–water partition coefficient (Wildman–Crippen LogP) is 3.51. The molecule has 0 saturated heterocycles. The Kier molecular flexibility index (Phi) is 1.74. The topological polar surface area (TPSA) is 0 Å². The van der Waals surface area contributed by atoms with Crippen LogP contribution in [0.1, 0.15) is 34.6 Å². The second kappa shape index (κ2) is 2.23. The number of hydrogen-bond donors (Lipinski definition) is 0. The average Bonchev–Trinajstić information content (AvgIpc) is 2.06. The molecular formula is C11H17. The van der Waals surface area contributed by atoms with Crippen LogP contribution in [0.2, 0.25) is 0 Å². The Morgan fingerprint density at radius 2 is 1.45 bits per heavy atom. The van der Waals surface area contributed by atoms with Gasteiger partial charge in [0.25, 0.3) is 0 Å². The molecule has 0 N–H and O–H groups in total. The molecule has 1 aliphatic rings. The SMILES string of the molecule is [CH2]C1=C(C)C(C)=C(C)C1(C)C. The summed E-state index contributed by atoms with van der Waals surface area (Å²) in [5.74, 6) is 0. The van der Waals surface area contributed by atoms with Gasteiger partial charge in [-0.2, -0.15) is 0 Å². The lowest BCUT2D eigenvalue weighted by molar-refractivity contribution is 0.560. The van der Waals surface area contributed by atoms with Crippen molar-refractivity contribution in [2.75, 3.05) is 0 Å². The van der Waals surface area contributed by atoms with Gasteiger partial charge in [0, 0.05) is 5.41 Å². The Morgan fingerprint density at radius 3 is 1.55 bits per heavy atom. The molecule has 0 nitrogen and oxygen atoms in total. The first-order valence-corrected chi connectivity index (χ1v) is 4.10. The maximum absolute atomic E-state index is 4.11. The first-order valence-electron chi connectivity index (χ1n) is 4.10. The van der Waals surface area contributed by atoms with Crippen molar-refractivity contribution >= 4 is 0 Å². The molecule has 0 unspecified atom stereocenters. The van der Waals surface area contributed by atoms with Crippen LogP contribution >= 0.6 is 0 Å². The van der Waals surface area contributed by atoms with Crippen LogP contribution in [0.5, 0.6) is 0 Å². The lowest BCUT2D eigenvalue weighted by atomic mass is 9.82. The van der Waals surface area contributed by atoms with Crippen LogP contribution in [-0.2, 0) is 0 Å². The highest BCUT2D eigenvalue weighted by Gasteiger charge is 2.31. The van der Waals surface area contributed by atoms with E-state index in [1.165, 1.54) is 22.3 Å². The maximum Gasteiger partial charge on any atom is 0.00729 e. The lowest BCUT2D eigenvalue weighted by Crippen LogP contribution is -2.11. The fourth-order valence-electron chi connectivity index (χ4n) is 1.67. The highest BCUT2D eigenvalue weighted by atomic mass is 14.4. The molecule has 0 heterocycles. The average molecular weight is 149 g/mol. The number of allylic oxidation sites excluding steroid dienone is 4. The number of rotatable bonds is 0. The molecule has 1 rings (SSSR count). The third-order valence-electron chi connectivity index (χ3n) is 3.27. The molecule has 0 aromatic heterocycles. The summed E-state index contributed by atoms with van der Waals surface area (Å²) in [5, 5.41) is 0. The molecule has 0 spiro atoms. The standard InChI is InChI=1S/C11H17/c1-7-8(2)10(4)11(5,6)9(7)3/h3H2,1-2,4-6H3. The molecular weight excluding hydrogens is 132 g/mol. The van der Waals surface area contributed by atoms with E-state index < -0.39 is 0 Å². The third-order valence-corrected chi connectivity index (χ3v) is 3.27. The van der Waals surface area contributed by atoms with Crippen molar-refractivity contribution in [2.24, 2.45) is 5.41 Å². The van der Waals surface area contributed by atoms with Gasteiger partial charge < -0.3 is 0 Å². The molecule has 61 valence electrons. The molecule has 0 saturated carbocycles. The Balaban J connectivity index is 3.27. The van der Waals surface area contributed by atoms with Gasteiger partial charge in [-0.3, -0.25) is 0 Å². The minimum atomic E-state index is 0.203. The second-order valence-corrected chi connectivity index (χ2v) is 3.98. The fourth-order valence-corrected chi connectivity index (χ4v) is 1.67. The van der Waals surface area contributed by atoms with Crippen LogP contribution in [-0.4, -0.2) is 0 Å². The molecule has 0 aromatic carbocycles. The number of hydrogen-bond acceptors (Lipinski definition) is 0. The Morgan fingerprint density at radius 1 is 1.00 bits per heavy atom. The summed E-state index contributed by atoms with van der Waals surface area (Å²) in [6, 6.07) is 0. The first kappa shape index (κ1) is 8.58. The summed E-state index contributed by atoms with van der Waals surface area (Å²) < 4.78 is 0. The molecule has 1 aliphatic carbocycles. The summed E-state index contributed by atoms with van der Waals surface area (Å²) in [7, 11) is 0. The van der Waals surface area contributed by atoms with Crippen molar-refractivity contribution in [3.05, 3.63) is 29.2 Å². The van der Waals surface area contributed by atoms with E-state index in [9.17, 15) is 0 Å². The van der Waals surface area contributed by atoms with Gasteiger partial charge >= 0.3 is 0 Å². The largest absolute Gasteiger partial charge is 0.0604 e. The molecule has 11 heavy (non-hydrogen) atoms. The Labute approximate surface area is 70.0 Å². The van der Waals surface area contributed by atoms with Crippen molar-refractivity contribution in [2.45, 2.75) is 34.6 Å². The van der Waals surface area contributed by atoms with Gasteiger partial charge in [0.2, 0.25) is 0 Å². The van der Waals surface area contributed by atoms with Crippen LogP contribution in [0.4, 0.5) is 0 Å². The van der Waals surface area contributed by atoms with Gasteiger partial charge in [-0.25, -0.2) is 0 Å². The minimum Gasteiger partial charge on any atom is -0.0604 e.